The molecule has 0 saturated carbocycles. The number of hydrogen-bond donors (Lipinski definition) is 1. The van der Waals surface area contributed by atoms with Crippen LogP contribution in [0.5, 0.6) is 5.75 Å². The average molecular weight is 367 g/mol. The van der Waals surface area contributed by atoms with E-state index in [9.17, 15) is 13.2 Å². The van der Waals surface area contributed by atoms with Crippen LogP contribution in [-0.4, -0.2) is 38.2 Å². The second-order valence-corrected chi connectivity index (χ2v) is 7.13. The smallest absolute Gasteiger partial charge is 0.307 e. The second kappa shape index (κ2) is 7.66. The molecule has 0 amide bonds. The molecule has 136 valence electrons. The van der Waals surface area contributed by atoms with Crippen molar-refractivity contribution in [2.75, 3.05) is 14.2 Å². The van der Waals surface area contributed by atoms with Gasteiger partial charge in [0.05, 0.1) is 26.7 Å². The summed E-state index contributed by atoms with van der Waals surface area (Å²) in [5, 5.41) is -0.101. The molecule has 0 spiro atoms. The van der Waals surface area contributed by atoms with E-state index in [4.69, 9.17) is 4.74 Å². The zero-order valence-corrected chi connectivity index (χ0v) is 15.3. The highest BCUT2D eigenvalue weighted by Gasteiger charge is 2.26. The van der Waals surface area contributed by atoms with E-state index >= 15 is 0 Å². The summed E-state index contributed by atoms with van der Waals surface area (Å²) in [5.41, 5.74) is 0.613. The first-order chi connectivity index (χ1) is 11.8. The third-order valence-corrected chi connectivity index (χ3v) is 5.12. The van der Waals surface area contributed by atoms with E-state index < -0.39 is 22.0 Å². The Kier molecular flexibility index (Phi) is 5.81. The van der Waals surface area contributed by atoms with Crippen LogP contribution in [0.1, 0.15) is 23.9 Å². The lowest BCUT2D eigenvalue weighted by atomic mass is 10.0. The first-order valence-electron chi connectivity index (χ1n) is 7.50. The van der Waals surface area contributed by atoms with E-state index in [1.807, 2.05) is 0 Å². The van der Waals surface area contributed by atoms with Crippen molar-refractivity contribution in [1.82, 2.24) is 14.3 Å². The van der Waals surface area contributed by atoms with Crippen LogP contribution in [0.2, 0.25) is 0 Å². The van der Waals surface area contributed by atoms with E-state index in [0.717, 1.165) is 0 Å². The van der Waals surface area contributed by atoms with Crippen molar-refractivity contribution in [3.8, 4) is 5.75 Å². The predicted octanol–water partition coefficient (Wildman–Crippen LogP) is 1.32. The minimum Gasteiger partial charge on any atom is -0.497 e. The molecular weight excluding hydrogens is 346 g/mol. The topological polar surface area (TPSA) is 99.5 Å². The maximum absolute atomic E-state index is 12.6. The van der Waals surface area contributed by atoms with Gasteiger partial charge in [-0.3, -0.25) is 4.79 Å². The summed E-state index contributed by atoms with van der Waals surface area (Å²) in [5.74, 6) is 0.666. The van der Waals surface area contributed by atoms with Crippen LogP contribution in [0.3, 0.4) is 0 Å². The van der Waals surface area contributed by atoms with Gasteiger partial charge in [-0.1, -0.05) is 12.1 Å². The van der Waals surface area contributed by atoms with Gasteiger partial charge in [-0.2, -0.15) is 0 Å². The van der Waals surface area contributed by atoms with E-state index in [1.165, 1.54) is 20.4 Å². The third kappa shape index (κ3) is 4.58. The number of carbonyl (C=O) groups is 1. The van der Waals surface area contributed by atoms with Crippen molar-refractivity contribution < 1.29 is 22.7 Å². The SMILES string of the molecule is COC(=O)C[C@@H](NS(=O)(=O)c1cn(C)c(C)n1)c1ccc(OC)cc1. The first-order valence-corrected chi connectivity index (χ1v) is 8.98. The molecule has 9 heteroatoms. The Labute approximate surface area is 146 Å². The van der Waals surface area contributed by atoms with Crippen LogP contribution in [0.15, 0.2) is 35.5 Å². The van der Waals surface area contributed by atoms with Crippen LogP contribution in [0.25, 0.3) is 0 Å². The van der Waals surface area contributed by atoms with E-state index in [1.54, 1.807) is 42.8 Å². The Morgan fingerprint density at radius 1 is 1.28 bits per heavy atom. The molecule has 2 aromatic rings. The van der Waals surface area contributed by atoms with Gasteiger partial charge in [-0.05, 0) is 24.6 Å². The highest BCUT2D eigenvalue weighted by molar-refractivity contribution is 7.89. The molecule has 0 radical (unpaired) electrons. The predicted molar refractivity (Wildman–Crippen MR) is 90.6 cm³/mol. The molecule has 1 aromatic heterocycles. The van der Waals surface area contributed by atoms with Crippen molar-refractivity contribution in [3.05, 3.63) is 41.9 Å². The third-order valence-electron chi connectivity index (χ3n) is 3.78. The number of carbonyl (C=O) groups excluding carboxylic acids is 1. The molecule has 0 bridgehead atoms. The number of esters is 1. The summed E-state index contributed by atoms with van der Waals surface area (Å²) in [6.07, 6.45) is 1.27. The largest absolute Gasteiger partial charge is 0.497 e. The molecule has 0 saturated heterocycles. The molecule has 1 atom stereocenters. The molecule has 0 aliphatic rings. The molecule has 0 fully saturated rings. The van der Waals surface area contributed by atoms with Crippen molar-refractivity contribution in [2.24, 2.45) is 7.05 Å². The molecule has 0 aliphatic heterocycles. The van der Waals surface area contributed by atoms with Gasteiger partial charge < -0.3 is 14.0 Å². The van der Waals surface area contributed by atoms with Crippen molar-refractivity contribution >= 4 is 16.0 Å². The summed E-state index contributed by atoms with van der Waals surface area (Å²) in [6, 6.07) is 5.99. The summed E-state index contributed by atoms with van der Waals surface area (Å²) in [4.78, 5) is 15.7. The number of imidazole rings is 1. The molecule has 25 heavy (non-hydrogen) atoms. The lowest BCUT2D eigenvalue weighted by Gasteiger charge is -2.18. The van der Waals surface area contributed by atoms with Crippen LogP contribution in [0, 0.1) is 6.92 Å². The molecule has 1 aromatic carbocycles. The van der Waals surface area contributed by atoms with Crippen molar-refractivity contribution in [3.63, 3.8) is 0 Å². The van der Waals surface area contributed by atoms with Crippen LogP contribution in [-0.2, 0) is 26.6 Å². The number of rotatable bonds is 7. The van der Waals surface area contributed by atoms with Gasteiger partial charge in [0.15, 0.2) is 5.03 Å². The molecule has 2 rings (SSSR count). The molecule has 1 heterocycles. The number of aryl methyl sites for hydroxylation is 2. The molecule has 1 N–H and O–H groups in total. The number of methoxy groups -OCH3 is 2. The lowest BCUT2D eigenvalue weighted by Crippen LogP contribution is -2.30. The molecular formula is C16H21N3O5S. The minimum absolute atomic E-state index is 0.101. The van der Waals surface area contributed by atoms with Gasteiger partial charge in [-0.25, -0.2) is 18.1 Å². The fourth-order valence-corrected chi connectivity index (χ4v) is 3.48. The maximum atomic E-state index is 12.6. The Morgan fingerprint density at radius 2 is 1.92 bits per heavy atom. The molecule has 0 aliphatic carbocycles. The fourth-order valence-electron chi connectivity index (χ4n) is 2.22. The van der Waals surface area contributed by atoms with Crippen molar-refractivity contribution in [2.45, 2.75) is 24.4 Å². The van der Waals surface area contributed by atoms with E-state index in [-0.39, 0.29) is 11.4 Å². The number of nitrogens with zero attached hydrogens (tertiary/aromatic N) is 2. The number of benzene rings is 1. The Hall–Kier alpha value is -2.39. The van der Waals surface area contributed by atoms with Crippen LogP contribution >= 0.6 is 0 Å². The quantitative estimate of drug-likeness (QED) is 0.741. The van der Waals surface area contributed by atoms with Gasteiger partial charge in [-0.15, -0.1) is 0 Å². The normalized spacial score (nSPS) is 12.6. The number of nitrogens with one attached hydrogen (secondary N) is 1. The first kappa shape index (κ1) is 18.9. The highest BCUT2D eigenvalue weighted by atomic mass is 32.2. The summed E-state index contributed by atoms with van der Waals surface area (Å²) in [6.45, 7) is 1.70. The van der Waals surface area contributed by atoms with Crippen LogP contribution in [0.4, 0.5) is 0 Å². The summed E-state index contributed by atoms with van der Waals surface area (Å²) >= 11 is 0. The average Bonchev–Trinajstić information content (AvgIpc) is 2.94. The summed E-state index contributed by atoms with van der Waals surface area (Å²) < 4.78 is 39.1. The summed E-state index contributed by atoms with van der Waals surface area (Å²) in [7, 11) is 0.594. The van der Waals surface area contributed by atoms with Crippen LogP contribution < -0.4 is 9.46 Å². The number of ether oxygens (including phenoxy) is 2. The number of sulfonamides is 1. The maximum Gasteiger partial charge on any atom is 0.307 e. The van der Waals surface area contributed by atoms with Gasteiger partial charge >= 0.3 is 5.97 Å². The second-order valence-electron chi connectivity index (χ2n) is 5.46. The fraction of sp³-hybridized carbons (Fsp3) is 0.375. The van der Waals surface area contributed by atoms with Gasteiger partial charge in [0.1, 0.15) is 11.6 Å². The molecule has 8 nitrogen and oxygen atoms in total. The Morgan fingerprint density at radius 3 is 2.40 bits per heavy atom. The Bertz CT molecular complexity index is 824. The van der Waals surface area contributed by atoms with Gasteiger partial charge in [0.25, 0.3) is 10.0 Å². The monoisotopic (exact) mass is 367 g/mol. The van der Waals surface area contributed by atoms with Gasteiger partial charge in [0, 0.05) is 13.2 Å². The van der Waals surface area contributed by atoms with E-state index in [0.29, 0.717) is 17.1 Å². The zero-order valence-electron chi connectivity index (χ0n) is 14.5. The number of aromatic nitrogens is 2. The highest BCUT2D eigenvalue weighted by Crippen LogP contribution is 2.23. The minimum atomic E-state index is -3.90. The standard InChI is InChI=1S/C16H21N3O5S/c1-11-17-15(10-19(11)2)25(21,22)18-14(9-16(20)24-4)12-5-7-13(23-3)8-6-12/h5-8,10,14,18H,9H2,1-4H3/t14-/m1/s1. The number of hydrogen-bond acceptors (Lipinski definition) is 6. The zero-order chi connectivity index (χ0) is 18.6. The molecule has 0 unspecified atom stereocenters. The van der Waals surface area contributed by atoms with E-state index in [2.05, 4.69) is 14.4 Å². The Balaban J connectivity index is 2.32. The van der Waals surface area contributed by atoms with Crippen molar-refractivity contribution in [1.29, 1.82) is 0 Å². The van der Waals surface area contributed by atoms with Gasteiger partial charge in [0.2, 0.25) is 0 Å². The lowest BCUT2D eigenvalue weighted by molar-refractivity contribution is -0.141.